The van der Waals surface area contributed by atoms with E-state index in [1.807, 2.05) is 0 Å². The molecule has 2 atom stereocenters. The van der Waals surface area contributed by atoms with Gasteiger partial charge in [-0.3, -0.25) is 4.79 Å². The Morgan fingerprint density at radius 3 is 2.83 bits per heavy atom. The molecule has 0 spiro atoms. The summed E-state index contributed by atoms with van der Waals surface area (Å²) in [6.07, 6.45) is -3.26. The minimum Gasteiger partial charge on any atom is -0.387 e. The van der Waals surface area contributed by atoms with Crippen molar-refractivity contribution >= 4 is 11.7 Å². The largest absolute Gasteiger partial charge is 0.419 e. The number of pyridine rings is 1. The predicted molar refractivity (Wildman–Crippen MR) is 98.5 cm³/mol. The molecule has 0 radical (unpaired) electrons. The average Bonchev–Trinajstić information content (AvgIpc) is 2.71. The van der Waals surface area contributed by atoms with Gasteiger partial charge in [0, 0.05) is 25.8 Å². The molecular weight excluding hydrogens is 390 g/mol. The predicted octanol–water partition coefficient (Wildman–Crippen LogP) is 3.31. The minimum atomic E-state index is -4.53. The molecule has 156 valence electrons. The van der Waals surface area contributed by atoms with E-state index < -0.39 is 29.6 Å². The molecule has 1 aromatic heterocycles. The Labute approximate surface area is 165 Å². The second kappa shape index (κ2) is 8.77. The van der Waals surface area contributed by atoms with Crippen molar-refractivity contribution in [1.29, 1.82) is 0 Å². The lowest BCUT2D eigenvalue weighted by Crippen LogP contribution is -2.44. The first-order valence-corrected chi connectivity index (χ1v) is 9.24. The van der Waals surface area contributed by atoms with Crippen LogP contribution in [0.1, 0.15) is 30.1 Å². The summed E-state index contributed by atoms with van der Waals surface area (Å²) in [6.45, 7) is 0.355. The fourth-order valence-corrected chi connectivity index (χ4v) is 3.43. The lowest BCUT2D eigenvalue weighted by Gasteiger charge is -2.34. The first kappa shape index (κ1) is 21.0. The number of hydrogen-bond donors (Lipinski definition) is 2. The van der Waals surface area contributed by atoms with Crippen LogP contribution >= 0.6 is 0 Å². The van der Waals surface area contributed by atoms with Gasteiger partial charge in [0.1, 0.15) is 11.6 Å². The van der Waals surface area contributed by atoms with Gasteiger partial charge in [0.05, 0.1) is 17.6 Å². The SMILES string of the molecule is O=C(NCC(O)c1cccc(F)c1)C1CCCN(c2ncccc2C(F)(F)F)C1. The monoisotopic (exact) mass is 411 g/mol. The highest BCUT2D eigenvalue weighted by atomic mass is 19.4. The van der Waals surface area contributed by atoms with Crippen molar-refractivity contribution in [3.63, 3.8) is 0 Å². The molecule has 2 unspecified atom stereocenters. The molecule has 0 aliphatic carbocycles. The summed E-state index contributed by atoms with van der Waals surface area (Å²) < 4.78 is 53.0. The van der Waals surface area contributed by atoms with Crippen molar-refractivity contribution < 1.29 is 27.5 Å². The van der Waals surface area contributed by atoms with Crippen LogP contribution in [0, 0.1) is 11.7 Å². The van der Waals surface area contributed by atoms with E-state index in [0.717, 1.165) is 6.07 Å². The lowest BCUT2D eigenvalue weighted by atomic mass is 9.96. The van der Waals surface area contributed by atoms with Crippen LogP contribution in [0.25, 0.3) is 0 Å². The number of aliphatic hydroxyl groups excluding tert-OH is 1. The van der Waals surface area contributed by atoms with Gasteiger partial charge in [0.15, 0.2) is 0 Å². The average molecular weight is 411 g/mol. The number of nitrogens with one attached hydrogen (secondary N) is 1. The van der Waals surface area contributed by atoms with Gasteiger partial charge in [0.25, 0.3) is 0 Å². The van der Waals surface area contributed by atoms with Crippen molar-refractivity contribution in [2.45, 2.75) is 25.1 Å². The smallest absolute Gasteiger partial charge is 0.387 e. The molecule has 3 rings (SSSR count). The molecule has 5 nitrogen and oxygen atoms in total. The van der Waals surface area contributed by atoms with Gasteiger partial charge in [-0.05, 0) is 42.7 Å². The fourth-order valence-electron chi connectivity index (χ4n) is 3.43. The number of nitrogens with zero attached hydrogens (tertiary/aromatic N) is 2. The van der Waals surface area contributed by atoms with E-state index >= 15 is 0 Å². The van der Waals surface area contributed by atoms with E-state index in [9.17, 15) is 27.5 Å². The van der Waals surface area contributed by atoms with Gasteiger partial charge in [-0.2, -0.15) is 13.2 Å². The molecule has 1 amide bonds. The van der Waals surface area contributed by atoms with Crippen LogP contribution in [-0.2, 0) is 11.0 Å². The van der Waals surface area contributed by atoms with Gasteiger partial charge in [0.2, 0.25) is 5.91 Å². The van der Waals surface area contributed by atoms with Crippen molar-refractivity contribution in [2.75, 3.05) is 24.5 Å². The van der Waals surface area contributed by atoms with Gasteiger partial charge in [-0.15, -0.1) is 0 Å². The number of anilines is 1. The highest BCUT2D eigenvalue weighted by Crippen LogP contribution is 2.36. The van der Waals surface area contributed by atoms with Crippen molar-refractivity contribution in [3.8, 4) is 0 Å². The second-order valence-electron chi connectivity index (χ2n) is 6.97. The molecule has 1 aliphatic rings. The van der Waals surface area contributed by atoms with E-state index in [2.05, 4.69) is 10.3 Å². The van der Waals surface area contributed by atoms with Gasteiger partial charge >= 0.3 is 6.18 Å². The van der Waals surface area contributed by atoms with E-state index in [4.69, 9.17) is 0 Å². The first-order valence-electron chi connectivity index (χ1n) is 9.24. The third-order valence-corrected chi connectivity index (χ3v) is 4.89. The highest BCUT2D eigenvalue weighted by Gasteiger charge is 2.37. The minimum absolute atomic E-state index is 0.0992. The van der Waals surface area contributed by atoms with Crippen LogP contribution in [0.3, 0.4) is 0 Å². The van der Waals surface area contributed by atoms with Crippen LogP contribution in [0.15, 0.2) is 42.6 Å². The normalized spacial score (nSPS) is 18.4. The molecule has 2 N–H and O–H groups in total. The molecule has 29 heavy (non-hydrogen) atoms. The van der Waals surface area contributed by atoms with E-state index in [-0.39, 0.29) is 24.8 Å². The number of amides is 1. The summed E-state index contributed by atoms with van der Waals surface area (Å²) in [5, 5.41) is 12.7. The number of halogens is 4. The number of aliphatic hydroxyl groups is 1. The Morgan fingerprint density at radius 1 is 1.31 bits per heavy atom. The van der Waals surface area contributed by atoms with Crippen LogP contribution in [0.4, 0.5) is 23.4 Å². The summed E-state index contributed by atoms with van der Waals surface area (Å²) in [6, 6.07) is 7.63. The van der Waals surface area contributed by atoms with E-state index in [1.165, 1.54) is 35.4 Å². The zero-order valence-electron chi connectivity index (χ0n) is 15.5. The molecule has 1 aliphatic heterocycles. The second-order valence-corrected chi connectivity index (χ2v) is 6.97. The number of hydrogen-bond acceptors (Lipinski definition) is 4. The molecule has 1 saturated heterocycles. The molecule has 2 heterocycles. The standard InChI is InChI=1S/C20H21F4N3O2/c21-15-6-1-4-13(10-15)17(28)11-26-19(29)14-5-3-9-27(12-14)18-16(20(22,23)24)7-2-8-25-18/h1-2,4,6-8,10,14,17,28H,3,5,9,11-12H2,(H,26,29). The number of alkyl halides is 3. The fraction of sp³-hybridized carbons (Fsp3) is 0.400. The van der Waals surface area contributed by atoms with E-state index in [1.54, 1.807) is 6.07 Å². The molecular formula is C20H21F4N3O2. The maximum absolute atomic E-state index is 13.3. The quantitative estimate of drug-likeness (QED) is 0.741. The van der Waals surface area contributed by atoms with Crippen molar-refractivity contribution in [3.05, 3.63) is 59.5 Å². The zero-order valence-corrected chi connectivity index (χ0v) is 15.5. The van der Waals surface area contributed by atoms with Crippen LogP contribution < -0.4 is 10.2 Å². The van der Waals surface area contributed by atoms with Gasteiger partial charge in [-0.1, -0.05) is 12.1 Å². The van der Waals surface area contributed by atoms with Crippen LogP contribution in [0.2, 0.25) is 0 Å². The van der Waals surface area contributed by atoms with E-state index in [0.29, 0.717) is 24.9 Å². The Morgan fingerprint density at radius 2 is 2.10 bits per heavy atom. The Bertz CT molecular complexity index is 860. The number of aromatic nitrogens is 1. The maximum Gasteiger partial charge on any atom is 0.419 e. The molecule has 2 aromatic rings. The maximum atomic E-state index is 13.3. The van der Waals surface area contributed by atoms with Crippen molar-refractivity contribution in [2.24, 2.45) is 5.92 Å². The Balaban J connectivity index is 1.63. The van der Waals surface area contributed by atoms with Gasteiger partial charge < -0.3 is 15.3 Å². The number of carbonyl (C=O) groups is 1. The Hall–Kier alpha value is -2.68. The topological polar surface area (TPSA) is 65.5 Å². The van der Waals surface area contributed by atoms with Gasteiger partial charge in [-0.25, -0.2) is 9.37 Å². The number of piperidine rings is 1. The Kier molecular flexibility index (Phi) is 6.36. The summed E-state index contributed by atoms with van der Waals surface area (Å²) in [4.78, 5) is 17.8. The number of carbonyl (C=O) groups excluding carboxylic acids is 1. The molecule has 0 bridgehead atoms. The zero-order chi connectivity index (χ0) is 21.0. The molecule has 1 fully saturated rings. The van der Waals surface area contributed by atoms with Crippen LogP contribution in [0.5, 0.6) is 0 Å². The first-order chi connectivity index (χ1) is 13.8. The molecule has 1 aromatic carbocycles. The third kappa shape index (κ3) is 5.23. The van der Waals surface area contributed by atoms with Crippen LogP contribution in [-0.4, -0.2) is 35.6 Å². The molecule has 9 heteroatoms. The highest BCUT2D eigenvalue weighted by molar-refractivity contribution is 5.79. The van der Waals surface area contributed by atoms with Crippen molar-refractivity contribution in [1.82, 2.24) is 10.3 Å². The number of rotatable bonds is 5. The summed E-state index contributed by atoms with van der Waals surface area (Å²) in [5.41, 5.74) is -0.499. The third-order valence-electron chi connectivity index (χ3n) is 4.89. The number of benzene rings is 1. The summed E-state index contributed by atoms with van der Waals surface area (Å²) in [7, 11) is 0. The summed E-state index contributed by atoms with van der Waals surface area (Å²) >= 11 is 0. The lowest BCUT2D eigenvalue weighted by molar-refractivity contribution is -0.137. The molecule has 0 saturated carbocycles. The summed E-state index contributed by atoms with van der Waals surface area (Å²) in [5.74, 6) is -1.58.